The van der Waals surface area contributed by atoms with Crippen molar-refractivity contribution >= 4 is 29.2 Å². The summed E-state index contributed by atoms with van der Waals surface area (Å²) in [5.41, 5.74) is 0. The van der Waals surface area contributed by atoms with Gasteiger partial charge in [0.05, 0.1) is 11.6 Å². The first-order valence-corrected chi connectivity index (χ1v) is 6.80. The second-order valence-corrected chi connectivity index (χ2v) is 4.90. The molecule has 0 radical (unpaired) electrons. The van der Waals surface area contributed by atoms with Crippen molar-refractivity contribution in [2.45, 2.75) is 25.6 Å². The van der Waals surface area contributed by atoms with E-state index in [1.807, 2.05) is 0 Å². The third-order valence-electron chi connectivity index (χ3n) is 2.43. The van der Waals surface area contributed by atoms with Crippen LogP contribution in [0.25, 0.3) is 0 Å². The Bertz CT molecular complexity index is 452. The van der Waals surface area contributed by atoms with Crippen LogP contribution in [0.1, 0.15) is 13.3 Å². The van der Waals surface area contributed by atoms with Crippen LogP contribution in [0.3, 0.4) is 0 Å². The number of hydrogen-bond donors (Lipinski definition) is 2. The molecule has 0 fully saturated rings. The molecule has 2 unspecified atom stereocenters. The molecule has 2 N–H and O–H groups in total. The lowest BCUT2D eigenvalue weighted by molar-refractivity contribution is -0.155. The zero-order valence-corrected chi connectivity index (χ0v) is 12.4. The molecule has 0 spiro atoms. The number of aliphatic hydroxyl groups is 2. The van der Waals surface area contributed by atoms with Crippen molar-refractivity contribution in [3.8, 4) is 5.75 Å². The molecule has 0 aromatic heterocycles. The van der Waals surface area contributed by atoms with Crippen molar-refractivity contribution in [2.75, 3.05) is 13.2 Å². The summed E-state index contributed by atoms with van der Waals surface area (Å²) >= 11 is 11.7. The van der Waals surface area contributed by atoms with E-state index in [4.69, 9.17) is 42.9 Å². The number of benzene rings is 1. The van der Waals surface area contributed by atoms with Crippen LogP contribution in [-0.4, -0.2) is 41.6 Å². The Hall–Kier alpha value is -1.01. The second-order valence-electron chi connectivity index (χ2n) is 4.06. The number of aliphatic hydroxyl groups excluding tert-OH is 2. The maximum absolute atomic E-state index is 11.8. The minimum atomic E-state index is -1.10. The molecule has 1 aromatic carbocycles. The van der Waals surface area contributed by atoms with Crippen LogP contribution in [0.2, 0.25) is 10.0 Å². The van der Waals surface area contributed by atoms with Crippen LogP contribution in [0.4, 0.5) is 0 Å². The van der Waals surface area contributed by atoms with E-state index in [1.165, 1.54) is 6.07 Å². The number of hydrogen-bond acceptors (Lipinski definition) is 5. The van der Waals surface area contributed by atoms with E-state index in [0.717, 1.165) is 0 Å². The first-order valence-electron chi connectivity index (χ1n) is 6.05. The number of carbonyl (C=O) groups excluding carboxylic acids is 1. The summed E-state index contributed by atoms with van der Waals surface area (Å²) in [6, 6.07) is 4.66. The molecular formula is C13H16Cl2O5. The topological polar surface area (TPSA) is 76.0 Å². The molecule has 2 atom stereocenters. The number of rotatable bonds is 7. The molecule has 0 aliphatic rings. The average molecular weight is 323 g/mol. The zero-order chi connectivity index (χ0) is 15.1. The van der Waals surface area contributed by atoms with Gasteiger partial charge in [0.1, 0.15) is 18.5 Å². The highest BCUT2D eigenvalue weighted by Crippen LogP contribution is 2.28. The minimum Gasteiger partial charge on any atom is -0.477 e. The lowest BCUT2D eigenvalue weighted by Gasteiger charge is -2.18. The molecule has 5 nitrogen and oxygen atoms in total. The van der Waals surface area contributed by atoms with Crippen LogP contribution in [0.5, 0.6) is 5.75 Å². The fourth-order valence-corrected chi connectivity index (χ4v) is 1.80. The van der Waals surface area contributed by atoms with E-state index < -0.39 is 24.8 Å². The van der Waals surface area contributed by atoms with Gasteiger partial charge in [0, 0.05) is 5.02 Å². The van der Waals surface area contributed by atoms with Gasteiger partial charge in [-0.15, -0.1) is 0 Å². The molecule has 112 valence electrons. The first kappa shape index (κ1) is 17.0. The van der Waals surface area contributed by atoms with E-state index in [1.54, 1.807) is 19.1 Å². The molecule has 0 aliphatic heterocycles. The van der Waals surface area contributed by atoms with Crippen molar-refractivity contribution in [1.82, 2.24) is 0 Å². The average Bonchev–Trinajstić information content (AvgIpc) is 2.43. The molecule has 0 heterocycles. The summed E-state index contributed by atoms with van der Waals surface area (Å²) in [4.78, 5) is 11.8. The van der Waals surface area contributed by atoms with Gasteiger partial charge in [-0.25, -0.2) is 4.79 Å². The van der Waals surface area contributed by atoms with Gasteiger partial charge in [0.25, 0.3) is 0 Å². The van der Waals surface area contributed by atoms with Crippen LogP contribution in [-0.2, 0) is 9.53 Å². The summed E-state index contributed by atoms with van der Waals surface area (Å²) in [6.07, 6.45) is -1.58. The van der Waals surface area contributed by atoms with Gasteiger partial charge in [-0.05, 0) is 24.6 Å². The predicted molar refractivity (Wildman–Crippen MR) is 75.2 cm³/mol. The highest BCUT2D eigenvalue weighted by molar-refractivity contribution is 6.35. The Labute approximate surface area is 127 Å². The van der Waals surface area contributed by atoms with Gasteiger partial charge in [-0.2, -0.15) is 0 Å². The summed E-state index contributed by atoms with van der Waals surface area (Å²) < 4.78 is 10.3. The molecule has 1 rings (SSSR count). The SMILES string of the molecule is CCC(Oc1ccc(Cl)cc1Cl)C(=O)OCC(O)CO. The van der Waals surface area contributed by atoms with Crippen LogP contribution in [0, 0.1) is 0 Å². The quantitative estimate of drug-likeness (QED) is 0.751. The summed E-state index contributed by atoms with van der Waals surface area (Å²) in [7, 11) is 0. The highest BCUT2D eigenvalue weighted by Gasteiger charge is 2.22. The van der Waals surface area contributed by atoms with Crippen molar-refractivity contribution in [3.05, 3.63) is 28.2 Å². The molecule has 20 heavy (non-hydrogen) atoms. The van der Waals surface area contributed by atoms with E-state index in [9.17, 15) is 4.79 Å². The normalized spacial score (nSPS) is 13.7. The molecule has 0 saturated carbocycles. The molecular weight excluding hydrogens is 307 g/mol. The number of carbonyl (C=O) groups is 1. The monoisotopic (exact) mass is 322 g/mol. The summed E-state index contributed by atoms with van der Waals surface area (Å²) in [6.45, 7) is 0.982. The first-order chi connectivity index (χ1) is 9.47. The van der Waals surface area contributed by atoms with Gasteiger partial charge < -0.3 is 19.7 Å². The highest BCUT2D eigenvalue weighted by atomic mass is 35.5. The Morgan fingerprint density at radius 2 is 2.10 bits per heavy atom. The minimum absolute atomic E-state index is 0.288. The Morgan fingerprint density at radius 1 is 1.40 bits per heavy atom. The summed E-state index contributed by atoms with van der Waals surface area (Å²) in [5.74, 6) is -0.311. The van der Waals surface area contributed by atoms with Crippen molar-refractivity contribution in [3.63, 3.8) is 0 Å². The Morgan fingerprint density at radius 3 is 2.65 bits per heavy atom. The van der Waals surface area contributed by atoms with Crippen molar-refractivity contribution in [1.29, 1.82) is 0 Å². The second kappa shape index (κ2) is 8.32. The summed E-state index contributed by atoms with van der Waals surface area (Å²) in [5, 5.41) is 18.5. The van der Waals surface area contributed by atoms with Crippen molar-refractivity contribution in [2.24, 2.45) is 0 Å². The van der Waals surface area contributed by atoms with E-state index in [0.29, 0.717) is 22.2 Å². The maximum Gasteiger partial charge on any atom is 0.347 e. The molecule has 7 heteroatoms. The molecule has 0 saturated heterocycles. The molecule has 0 amide bonds. The van der Waals surface area contributed by atoms with Crippen LogP contribution >= 0.6 is 23.2 Å². The zero-order valence-electron chi connectivity index (χ0n) is 10.9. The van der Waals surface area contributed by atoms with Gasteiger partial charge in [-0.3, -0.25) is 0 Å². The van der Waals surface area contributed by atoms with Gasteiger partial charge in [-0.1, -0.05) is 30.1 Å². The lowest BCUT2D eigenvalue weighted by Crippen LogP contribution is -2.32. The van der Waals surface area contributed by atoms with Crippen LogP contribution in [0.15, 0.2) is 18.2 Å². The smallest absolute Gasteiger partial charge is 0.347 e. The van der Waals surface area contributed by atoms with Gasteiger partial charge in [0.15, 0.2) is 6.10 Å². The maximum atomic E-state index is 11.8. The Balaban J connectivity index is 2.64. The number of ether oxygens (including phenoxy) is 2. The molecule has 0 bridgehead atoms. The van der Waals surface area contributed by atoms with E-state index >= 15 is 0 Å². The number of halogens is 2. The standard InChI is InChI=1S/C13H16Cl2O5/c1-2-11(13(18)19-7-9(17)6-16)20-12-4-3-8(14)5-10(12)15/h3-5,9,11,16-17H,2,6-7H2,1H3. The Kier molecular flexibility index (Phi) is 7.09. The third kappa shape index (κ3) is 5.17. The van der Waals surface area contributed by atoms with Gasteiger partial charge >= 0.3 is 5.97 Å². The largest absolute Gasteiger partial charge is 0.477 e. The van der Waals surface area contributed by atoms with Crippen molar-refractivity contribution < 1.29 is 24.5 Å². The third-order valence-corrected chi connectivity index (χ3v) is 2.96. The number of esters is 1. The lowest BCUT2D eigenvalue weighted by atomic mass is 10.2. The fraction of sp³-hybridized carbons (Fsp3) is 0.462. The van der Waals surface area contributed by atoms with Crippen LogP contribution < -0.4 is 4.74 Å². The fourth-order valence-electron chi connectivity index (χ4n) is 1.35. The van der Waals surface area contributed by atoms with E-state index in [2.05, 4.69) is 0 Å². The predicted octanol–water partition coefficient (Wildman–Crippen LogP) is 2.05. The molecule has 1 aromatic rings. The van der Waals surface area contributed by atoms with Gasteiger partial charge in [0.2, 0.25) is 0 Å². The molecule has 0 aliphatic carbocycles. The van der Waals surface area contributed by atoms with E-state index in [-0.39, 0.29) is 6.61 Å².